The Hall–Kier alpha value is -2.19. The molecule has 1 N–H and O–H groups in total. The summed E-state index contributed by atoms with van der Waals surface area (Å²) < 4.78 is 39.0. The van der Waals surface area contributed by atoms with Crippen molar-refractivity contribution in [3.8, 4) is 0 Å². The third-order valence-electron chi connectivity index (χ3n) is 4.45. The molecule has 150 valence electrons. The Morgan fingerprint density at radius 1 is 1.21 bits per heavy atom. The van der Waals surface area contributed by atoms with Gasteiger partial charge in [-0.05, 0) is 37.3 Å². The highest BCUT2D eigenvalue weighted by Gasteiger charge is 2.34. The van der Waals surface area contributed by atoms with E-state index in [4.69, 9.17) is 23.2 Å². The molecular weight excluding hydrogens is 416 g/mol. The quantitative estimate of drug-likeness (QED) is 0.713. The molecule has 1 aliphatic rings. The van der Waals surface area contributed by atoms with Crippen molar-refractivity contribution in [3.05, 3.63) is 52.1 Å². The minimum Gasteiger partial charge on any atom is -0.352 e. The lowest BCUT2D eigenvalue weighted by atomic mass is 10.2. The van der Waals surface area contributed by atoms with Crippen LogP contribution in [0, 0.1) is 0 Å². The lowest BCUT2D eigenvalue weighted by Crippen LogP contribution is -2.55. The number of carbonyl (C=O) groups is 1. The first-order valence-corrected chi connectivity index (χ1v) is 9.22. The van der Waals surface area contributed by atoms with Gasteiger partial charge in [0.25, 0.3) is 0 Å². The van der Waals surface area contributed by atoms with E-state index in [1.54, 1.807) is 23.2 Å². The average molecular weight is 433 g/mol. The predicted octanol–water partition coefficient (Wildman–Crippen LogP) is 5.15. The van der Waals surface area contributed by atoms with Crippen LogP contribution in [0.5, 0.6) is 0 Å². The van der Waals surface area contributed by atoms with E-state index >= 15 is 0 Å². The first-order valence-electron chi connectivity index (χ1n) is 8.46. The summed E-state index contributed by atoms with van der Waals surface area (Å²) in [4.78, 5) is 20.4. The molecule has 0 aliphatic carbocycles. The molecule has 0 bridgehead atoms. The fraction of sp³-hybridized carbons (Fsp3) is 0.333. The molecule has 28 heavy (non-hydrogen) atoms. The molecule has 1 atom stereocenters. The highest BCUT2D eigenvalue weighted by Crippen LogP contribution is 2.36. The molecule has 0 unspecified atom stereocenters. The van der Waals surface area contributed by atoms with E-state index in [-0.39, 0.29) is 11.7 Å². The van der Waals surface area contributed by atoms with Gasteiger partial charge in [0, 0.05) is 37.6 Å². The summed E-state index contributed by atoms with van der Waals surface area (Å²) in [5.41, 5.74) is -0.959. The molecule has 5 nitrogen and oxygen atoms in total. The number of urea groups is 1. The van der Waals surface area contributed by atoms with Crippen molar-refractivity contribution < 1.29 is 18.0 Å². The number of piperazine rings is 1. The number of anilines is 2. The molecule has 1 saturated heterocycles. The van der Waals surface area contributed by atoms with Gasteiger partial charge in [-0.25, -0.2) is 9.78 Å². The van der Waals surface area contributed by atoms with Crippen molar-refractivity contribution in [3.63, 3.8) is 0 Å². The number of alkyl halides is 3. The topological polar surface area (TPSA) is 48.5 Å². The molecular formula is C18H17Cl2F3N4O. The van der Waals surface area contributed by atoms with Gasteiger partial charge in [-0.2, -0.15) is 13.2 Å². The fourth-order valence-corrected chi connectivity index (χ4v) is 3.54. The summed E-state index contributed by atoms with van der Waals surface area (Å²) in [5, 5.41) is 2.62. The SMILES string of the molecule is C[C@@H]1CN(c2ncccc2Cl)CCN1C(=O)Nc1ccc(Cl)c(C(F)(F)F)c1. The number of hydrogen-bond donors (Lipinski definition) is 1. The van der Waals surface area contributed by atoms with E-state index in [1.165, 1.54) is 6.07 Å². The number of carbonyl (C=O) groups excluding carboxylic acids is 1. The van der Waals surface area contributed by atoms with Crippen molar-refractivity contribution in [1.29, 1.82) is 0 Å². The van der Waals surface area contributed by atoms with Crippen LogP contribution >= 0.6 is 23.2 Å². The molecule has 10 heteroatoms. The lowest BCUT2D eigenvalue weighted by Gasteiger charge is -2.40. The van der Waals surface area contributed by atoms with Crippen molar-refractivity contribution in [2.75, 3.05) is 29.9 Å². The smallest absolute Gasteiger partial charge is 0.352 e. The third kappa shape index (κ3) is 4.44. The lowest BCUT2D eigenvalue weighted by molar-refractivity contribution is -0.137. The Balaban J connectivity index is 1.69. The monoisotopic (exact) mass is 432 g/mol. The molecule has 0 saturated carbocycles. The summed E-state index contributed by atoms with van der Waals surface area (Å²) in [7, 11) is 0. The fourth-order valence-electron chi connectivity index (χ4n) is 3.08. The van der Waals surface area contributed by atoms with Gasteiger partial charge in [-0.1, -0.05) is 23.2 Å². The van der Waals surface area contributed by atoms with Crippen LogP contribution in [0.15, 0.2) is 36.5 Å². The maximum atomic E-state index is 13.0. The number of aromatic nitrogens is 1. The van der Waals surface area contributed by atoms with Gasteiger partial charge in [-0.3, -0.25) is 0 Å². The van der Waals surface area contributed by atoms with Crippen LogP contribution < -0.4 is 10.2 Å². The summed E-state index contributed by atoms with van der Waals surface area (Å²) >= 11 is 11.8. The zero-order valence-corrected chi connectivity index (χ0v) is 16.3. The van der Waals surface area contributed by atoms with E-state index in [0.29, 0.717) is 30.5 Å². The second kappa shape index (κ2) is 8.05. The molecule has 1 fully saturated rings. The van der Waals surface area contributed by atoms with Crippen LogP contribution in [-0.4, -0.2) is 41.6 Å². The van der Waals surface area contributed by atoms with Crippen molar-refractivity contribution >= 4 is 40.7 Å². The zero-order chi connectivity index (χ0) is 20.5. The van der Waals surface area contributed by atoms with Crippen molar-refractivity contribution in [1.82, 2.24) is 9.88 Å². The number of benzene rings is 1. The average Bonchev–Trinajstić information content (AvgIpc) is 2.62. The minimum absolute atomic E-state index is 0.0316. The predicted molar refractivity (Wildman–Crippen MR) is 103 cm³/mol. The normalized spacial score (nSPS) is 17.6. The van der Waals surface area contributed by atoms with E-state index in [9.17, 15) is 18.0 Å². The van der Waals surface area contributed by atoms with Gasteiger partial charge in [0.1, 0.15) is 5.82 Å². The summed E-state index contributed by atoms with van der Waals surface area (Å²) in [5.74, 6) is 0.642. The zero-order valence-electron chi connectivity index (χ0n) is 14.8. The van der Waals surface area contributed by atoms with E-state index < -0.39 is 22.8 Å². The molecule has 2 aromatic rings. The second-order valence-electron chi connectivity index (χ2n) is 6.42. The molecule has 2 heterocycles. The van der Waals surface area contributed by atoms with Gasteiger partial charge in [0.15, 0.2) is 0 Å². The van der Waals surface area contributed by atoms with E-state index in [1.807, 2.05) is 11.8 Å². The van der Waals surface area contributed by atoms with Crippen molar-refractivity contribution in [2.45, 2.75) is 19.1 Å². The highest BCUT2D eigenvalue weighted by atomic mass is 35.5. The molecule has 3 rings (SSSR count). The Morgan fingerprint density at radius 3 is 2.61 bits per heavy atom. The van der Waals surface area contributed by atoms with Crippen LogP contribution in [0.4, 0.5) is 29.5 Å². The van der Waals surface area contributed by atoms with Crippen LogP contribution in [0.2, 0.25) is 10.0 Å². The molecule has 1 aromatic carbocycles. The summed E-state index contributed by atoms with van der Waals surface area (Å²) in [6.07, 6.45) is -2.96. The maximum Gasteiger partial charge on any atom is 0.417 e. The summed E-state index contributed by atoms with van der Waals surface area (Å²) in [6.45, 7) is 3.23. The largest absolute Gasteiger partial charge is 0.417 e. The van der Waals surface area contributed by atoms with Gasteiger partial charge < -0.3 is 15.1 Å². The van der Waals surface area contributed by atoms with Crippen molar-refractivity contribution in [2.24, 2.45) is 0 Å². The van der Waals surface area contributed by atoms with Crippen LogP contribution in [-0.2, 0) is 6.18 Å². The van der Waals surface area contributed by atoms with E-state index in [0.717, 1.165) is 12.1 Å². The molecule has 0 radical (unpaired) electrons. The van der Waals surface area contributed by atoms with Crippen LogP contribution in [0.1, 0.15) is 12.5 Å². The summed E-state index contributed by atoms with van der Waals surface area (Å²) in [6, 6.07) is 6.09. The highest BCUT2D eigenvalue weighted by molar-refractivity contribution is 6.33. The number of hydrogen-bond acceptors (Lipinski definition) is 3. The Bertz CT molecular complexity index is 878. The van der Waals surface area contributed by atoms with Crippen LogP contribution in [0.25, 0.3) is 0 Å². The first-order chi connectivity index (χ1) is 13.2. The molecule has 1 aliphatic heterocycles. The van der Waals surface area contributed by atoms with Crippen LogP contribution in [0.3, 0.4) is 0 Å². The molecule has 0 spiro atoms. The molecule has 1 aromatic heterocycles. The van der Waals surface area contributed by atoms with Gasteiger partial charge >= 0.3 is 12.2 Å². The standard InChI is InChI=1S/C18H17Cl2F3N4O/c1-11-10-26(16-15(20)3-2-6-24-16)7-8-27(11)17(28)25-12-4-5-14(19)13(9-12)18(21,22)23/h2-6,9,11H,7-8,10H2,1H3,(H,25,28)/t11-/m1/s1. The number of halogens is 5. The number of rotatable bonds is 2. The molecule has 2 amide bonds. The Morgan fingerprint density at radius 2 is 1.96 bits per heavy atom. The Labute approximate surface area is 170 Å². The number of amides is 2. The maximum absolute atomic E-state index is 13.0. The van der Waals surface area contributed by atoms with Gasteiger partial charge in [0.2, 0.25) is 0 Å². The number of nitrogens with one attached hydrogen (secondary N) is 1. The Kier molecular flexibility index (Phi) is 5.90. The third-order valence-corrected chi connectivity index (χ3v) is 5.07. The number of pyridine rings is 1. The first kappa shape index (κ1) is 20.5. The van der Waals surface area contributed by atoms with E-state index in [2.05, 4.69) is 10.3 Å². The van der Waals surface area contributed by atoms with Gasteiger partial charge in [0.05, 0.1) is 15.6 Å². The minimum atomic E-state index is -4.60. The second-order valence-corrected chi connectivity index (χ2v) is 7.23. The number of nitrogens with zero attached hydrogens (tertiary/aromatic N) is 3. The van der Waals surface area contributed by atoms with Gasteiger partial charge in [-0.15, -0.1) is 0 Å².